The van der Waals surface area contributed by atoms with Crippen LogP contribution in [0, 0.1) is 0 Å². The number of amides is 2. The summed E-state index contributed by atoms with van der Waals surface area (Å²) in [4.78, 5) is 28.1. The van der Waals surface area contributed by atoms with E-state index < -0.39 is 17.8 Å². The number of nitrogens with zero attached hydrogens (tertiary/aromatic N) is 2. The molecule has 2 N–H and O–H groups in total. The van der Waals surface area contributed by atoms with Gasteiger partial charge >= 0.3 is 6.18 Å². The maximum Gasteiger partial charge on any atom is 0.416 e. The first-order valence-electron chi connectivity index (χ1n) is 10.3. The van der Waals surface area contributed by atoms with Crippen LogP contribution < -0.4 is 5.32 Å². The Morgan fingerprint density at radius 3 is 2.45 bits per heavy atom. The van der Waals surface area contributed by atoms with Gasteiger partial charge < -0.3 is 20.2 Å². The summed E-state index contributed by atoms with van der Waals surface area (Å²) >= 11 is 0. The highest BCUT2D eigenvalue weighted by Gasteiger charge is 2.35. The van der Waals surface area contributed by atoms with Crippen molar-refractivity contribution >= 4 is 24.2 Å². The minimum atomic E-state index is -4.42. The first-order valence-corrected chi connectivity index (χ1v) is 10.3. The Bertz CT molecular complexity index is 754. The van der Waals surface area contributed by atoms with Crippen molar-refractivity contribution < 1.29 is 27.9 Å². The van der Waals surface area contributed by atoms with Crippen LogP contribution in [-0.2, 0) is 22.2 Å². The molecule has 0 saturated carbocycles. The number of aliphatic hydroxyl groups is 1. The lowest BCUT2D eigenvalue weighted by Crippen LogP contribution is -2.58. The lowest BCUT2D eigenvalue weighted by Gasteiger charge is -2.42. The van der Waals surface area contributed by atoms with Crippen LogP contribution in [0.3, 0.4) is 0 Å². The lowest BCUT2D eigenvalue weighted by molar-refractivity contribution is -0.142. The highest BCUT2D eigenvalue weighted by Crippen LogP contribution is 2.29. The quantitative estimate of drug-likeness (QED) is 0.702. The van der Waals surface area contributed by atoms with Crippen molar-refractivity contribution in [2.45, 2.75) is 57.0 Å². The van der Waals surface area contributed by atoms with E-state index in [1.165, 1.54) is 19.1 Å². The summed E-state index contributed by atoms with van der Waals surface area (Å²) < 4.78 is 38.2. The monoisotopic (exact) mass is 463 g/mol. The summed E-state index contributed by atoms with van der Waals surface area (Å²) in [7, 11) is 0. The maximum absolute atomic E-state index is 12.9. The van der Waals surface area contributed by atoms with Crippen LogP contribution in [0.4, 0.5) is 13.2 Å². The largest absolute Gasteiger partial charge is 0.416 e. The molecular weight excluding hydrogens is 435 g/mol. The third kappa shape index (κ3) is 6.57. The molecule has 3 atom stereocenters. The van der Waals surface area contributed by atoms with Gasteiger partial charge in [-0.2, -0.15) is 13.2 Å². The molecule has 3 rings (SSSR count). The van der Waals surface area contributed by atoms with Gasteiger partial charge in [0.25, 0.3) is 0 Å². The molecular formula is C21H29ClF3N3O3. The fourth-order valence-electron chi connectivity index (χ4n) is 4.24. The molecule has 0 spiro atoms. The van der Waals surface area contributed by atoms with Gasteiger partial charge in [0.15, 0.2) is 0 Å². The third-order valence-electron chi connectivity index (χ3n) is 5.96. The van der Waals surface area contributed by atoms with Crippen LogP contribution in [0.5, 0.6) is 0 Å². The van der Waals surface area contributed by atoms with Crippen molar-refractivity contribution in [1.82, 2.24) is 15.1 Å². The Balaban J connectivity index is 0.00000341. The van der Waals surface area contributed by atoms with Gasteiger partial charge in [0.1, 0.15) is 0 Å². The predicted octanol–water partition coefficient (Wildman–Crippen LogP) is 2.23. The van der Waals surface area contributed by atoms with Crippen molar-refractivity contribution in [1.29, 1.82) is 0 Å². The Labute approximate surface area is 186 Å². The minimum absolute atomic E-state index is 0. The molecule has 0 radical (unpaired) electrons. The van der Waals surface area contributed by atoms with Crippen molar-refractivity contribution in [3.63, 3.8) is 0 Å². The number of hydrogen-bond donors (Lipinski definition) is 2. The molecule has 1 aromatic carbocycles. The van der Waals surface area contributed by atoms with Crippen molar-refractivity contribution in [3.8, 4) is 0 Å². The summed E-state index contributed by atoms with van der Waals surface area (Å²) in [6.45, 7) is 3.42. The molecule has 2 saturated heterocycles. The Morgan fingerprint density at radius 1 is 1.23 bits per heavy atom. The molecule has 1 unspecified atom stereocenters. The average molecular weight is 464 g/mol. The SMILES string of the molecule is CC(=O)N1CCN(C(=O)Cc2ccc(C(F)(F)F)cc2)[C@@H](CC(O)[C@@H]2CCCN2)C1.Cl. The first-order chi connectivity index (χ1) is 14.1. The normalized spacial score (nSPS) is 22.7. The number of nitrogens with one attached hydrogen (secondary N) is 1. The molecule has 1 aromatic rings. The Hall–Kier alpha value is -1.84. The highest BCUT2D eigenvalue weighted by molar-refractivity contribution is 5.85. The van der Waals surface area contributed by atoms with E-state index in [2.05, 4.69) is 5.32 Å². The van der Waals surface area contributed by atoms with Gasteiger partial charge in [-0.3, -0.25) is 9.59 Å². The van der Waals surface area contributed by atoms with Crippen LogP contribution >= 0.6 is 12.4 Å². The molecule has 0 bridgehead atoms. The van der Waals surface area contributed by atoms with E-state index in [0.29, 0.717) is 31.6 Å². The zero-order valence-corrected chi connectivity index (χ0v) is 18.2. The number of piperazine rings is 1. The number of rotatable bonds is 5. The Morgan fingerprint density at radius 2 is 1.90 bits per heavy atom. The highest BCUT2D eigenvalue weighted by atomic mass is 35.5. The second-order valence-corrected chi connectivity index (χ2v) is 8.08. The summed E-state index contributed by atoms with van der Waals surface area (Å²) in [5, 5.41) is 13.9. The summed E-state index contributed by atoms with van der Waals surface area (Å²) in [6, 6.07) is 4.23. The number of carbonyl (C=O) groups is 2. The zero-order valence-electron chi connectivity index (χ0n) is 17.4. The van der Waals surface area contributed by atoms with Gasteiger partial charge in [-0.15, -0.1) is 12.4 Å². The van der Waals surface area contributed by atoms with E-state index >= 15 is 0 Å². The lowest BCUT2D eigenvalue weighted by atomic mass is 9.97. The second kappa shape index (κ2) is 10.7. The van der Waals surface area contributed by atoms with Gasteiger partial charge in [-0.1, -0.05) is 12.1 Å². The zero-order chi connectivity index (χ0) is 21.9. The van der Waals surface area contributed by atoms with Crippen molar-refractivity contribution in [2.24, 2.45) is 0 Å². The Kier molecular flexibility index (Phi) is 8.73. The van der Waals surface area contributed by atoms with Gasteiger partial charge in [0.2, 0.25) is 11.8 Å². The summed E-state index contributed by atoms with van der Waals surface area (Å²) in [5.74, 6) is -0.294. The number of aliphatic hydroxyl groups excluding tert-OH is 1. The number of benzene rings is 1. The van der Waals surface area contributed by atoms with Crippen molar-refractivity contribution in [3.05, 3.63) is 35.4 Å². The van der Waals surface area contributed by atoms with Gasteiger partial charge in [-0.25, -0.2) is 0 Å². The molecule has 2 aliphatic heterocycles. The number of hydrogen-bond acceptors (Lipinski definition) is 4. The van der Waals surface area contributed by atoms with Gasteiger partial charge in [0, 0.05) is 32.6 Å². The molecule has 2 fully saturated rings. The van der Waals surface area contributed by atoms with E-state index in [4.69, 9.17) is 0 Å². The first kappa shape index (κ1) is 25.4. The fraction of sp³-hybridized carbons (Fsp3) is 0.619. The number of alkyl halides is 3. The second-order valence-electron chi connectivity index (χ2n) is 8.08. The molecule has 2 amide bonds. The molecule has 174 valence electrons. The van der Waals surface area contributed by atoms with Crippen LogP contribution in [0.2, 0.25) is 0 Å². The summed E-state index contributed by atoms with van der Waals surface area (Å²) in [6.07, 6.45) is -2.87. The molecule has 2 heterocycles. The van der Waals surface area contributed by atoms with E-state index in [9.17, 15) is 27.9 Å². The van der Waals surface area contributed by atoms with E-state index in [-0.39, 0.29) is 42.7 Å². The molecule has 0 aliphatic carbocycles. The van der Waals surface area contributed by atoms with Gasteiger partial charge in [0.05, 0.1) is 24.1 Å². The summed E-state index contributed by atoms with van der Waals surface area (Å²) in [5.41, 5.74) is -0.252. The van der Waals surface area contributed by atoms with E-state index in [1.54, 1.807) is 9.80 Å². The molecule has 0 aromatic heterocycles. The average Bonchev–Trinajstić information content (AvgIpc) is 3.22. The van der Waals surface area contributed by atoms with Crippen LogP contribution in [-0.4, -0.2) is 71.1 Å². The van der Waals surface area contributed by atoms with E-state index in [1.807, 2.05) is 0 Å². The predicted molar refractivity (Wildman–Crippen MR) is 112 cm³/mol. The molecule has 10 heteroatoms. The molecule has 6 nitrogen and oxygen atoms in total. The maximum atomic E-state index is 12.9. The van der Waals surface area contributed by atoms with E-state index in [0.717, 1.165) is 31.5 Å². The number of halogens is 4. The topological polar surface area (TPSA) is 72.9 Å². The van der Waals surface area contributed by atoms with Gasteiger partial charge in [-0.05, 0) is 43.5 Å². The van der Waals surface area contributed by atoms with Crippen molar-refractivity contribution in [2.75, 3.05) is 26.2 Å². The van der Waals surface area contributed by atoms with Crippen LogP contribution in [0.1, 0.15) is 37.3 Å². The molecule has 2 aliphatic rings. The standard InChI is InChI=1S/C21H28F3N3O3.ClH/c1-14(28)26-9-10-27(17(13-26)12-19(29)18-3-2-8-25-18)20(30)11-15-4-6-16(7-5-15)21(22,23)24;/h4-7,17-19,25,29H,2-3,8-13H2,1H3;1H/t17-,18-,19?;/m0./s1. The number of carbonyl (C=O) groups excluding carboxylic acids is 2. The fourth-order valence-corrected chi connectivity index (χ4v) is 4.24. The van der Waals surface area contributed by atoms with Crippen LogP contribution in [0.15, 0.2) is 24.3 Å². The van der Waals surface area contributed by atoms with Crippen LogP contribution in [0.25, 0.3) is 0 Å². The third-order valence-corrected chi connectivity index (χ3v) is 5.96. The minimum Gasteiger partial charge on any atom is -0.391 e. The molecule has 31 heavy (non-hydrogen) atoms. The smallest absolute Gasteiger partial charge is 0.391 e.